The highest BCUT2D eigenvalue weighted by atomic mass is 15.1. The molecule has 1 fully saturated rings. The van der Waals surface area contributed by atoms with Crippen molar-refractivity contribution in [2.45, 2.75) is 45.2 Å². The summed E-state index contributed by atoms with van der Waals surface area (Å²) in [5, 5.41) is 7.49. The van der Waals surface area contributed by atoms with Gasteiger partial charge in [0.15, 0.2) is 0 Å². The SMILES string of the molecule is CC1CCCCCN1Cc1cccc(C(=N)N)c1. The van der Waals surface area contributed by atoms with Gasteiger partial charge in [0, 0.05) is 18.2 Å². The van der Waals surface area contributed by atoms with Crippen molar-refractivity contribution in [2.24, 2.45) is 5.73 Å². The van der Waals surface area contributed by atoms with Crippen molar-refractivity contribution >= 4 is 5.84 Å². The minimum atomic E-state index is 0.153. The van der Waals surface area contributed by atoms with E-state index in [0.717, 1.165) is 12.1 Å². The summed E-state index contributed by atoms with van der Waals surface area (Å²) >= 11 is 0. The summed E-state index contributed by atoms with van der Waals surface area (Å²) in [6, 6.07) is 8.73. The summed E-state index contributed by atoms with van der Waals surface area (Å²) in [5.74, 6) is 0.153. The van der Waals surface area contributed by atoms with Gasteiger partial charge in [-0.2, -0.15) is 0 Å². The number of nitrogen functional groups attached to an aromatic ring is 1. The minimum Gasteiger partial charge on any atom is -0.384 e. The summed E-state index contributed by atoms with van der Waals surface area (Å²) in [5.41, 5.74) is 7.63. The number of nitrogens with two attached hydrogens (primary N) is 1. The first-order chi connectivity index (χ1) is 8.66. The van der Waals surface area contributed by atoms with E-state index in [1.807, 2.05) is 18.2 Å². The van der Waals surface area contributed by atoms with Gasteiger partial charge in [-0.25, -0.2) is 0 Å². The molecular weight excluding hydrogens is 222 g/mol. The summed E-state index contributed by atoms with van der Waals surface area (Å²) in [6.45, 7) is 4.48. The lowest BCUT2D eigenvalue weighted by atomic mass is 10.1. The van der Waals surface area contributed by atoms with Crippen LogP contribution in [0.4, 0.5) is 0 Å². The topological polar surface area (TPSA) is 53.1 Å². The van der Waals surface area contributed by atoms with E-state index in [-0.39, 0.29) is 5.84 Å². The zero-order valence-corrected chi connectivity index (χ0v) is 11.2. The Hall–Kier alpha value is -1.35. The molecule has 1 saturated heterocycles. The molecule has 0 amide bonds. The van der Waals surface area contributed by atoms with E-state index < -0.39 is 0 Å². The number of benzene rings is 1. The highest BCUT2D eigenvalue weighted by Crippen LogP contribution is 2.19. The van der Waals surface area contributed by atoms with Gasteiger partial charge in [-0.15, -0.1) is 0 Å². The van der Waals surface area contributed by atoms with Gasteiger partial charge in [0.25, 0.3) is 0 Å². The van der Waals surface area contributed by atoms with Crippen LogP contribution in [0.15, 0.2) is 24.3 Å². The monoisotopic (exact) mass is 245 g/mol. The number of amidine groups is 1. The molecule has 0 spiro atoms. The van der Waals surface area contributed by atoms with Crippen molar-refractivity contribution in [3.63, 3.8) is 0 Å². The fourth-order valence-corrected chi connectivity index (χ4v) is 2.64. The fraction of sp³-hybridized carbons (Fsp3) is 0.533. The summed E-state index contributed by atoms with van der Waals surface area (Å²) in [7, 11) is 0. The zero-order valence-electron chi connectivity index (χ0n) is 11.2. The van der Waals surface area contributed by atoms with Crippen molar-refractivity contribution in [3.8, 4) is 0 Å². The van der Waals surface area contributed by atoms with Gasteiger partial charge in [-0.05, 0) is 37.9 Å². The smallest absolute Gasteiger partial charge is 0.122 e. The summed E-state index contributed by atoms with van der Waals surface area (Å²) in [4.78, 5) is 2.55. The minimum absolute atomic E-state index is 0.153. The fourth-order valence-electron chi connectivity index (χ4n) is 2.64. The Morgan fingerprint density at radius 1 is 1.39 bits per heavy atom. The van der Waals surface area contributed by atoms with Crippen LogP contribution in [0, 0.1) is 5.41 Å². The molecule has 1 aromatic carbocycles. The third-order valence-corrected chi connectivity index (χ3v) is 3.81. The molecule has 1 aliphatic rings. The molecule has 1 aliphatic heterocycles. The van der Waals surface area contributed by atoms with Crippen LogP contribution in [0.2, 0.25) is 0 Å². The molecule has 1 unspecified atom stereocenters. The van der Waals surface area contributed by atoms with Crippen LogP contribution >= 0.6 is 0 Å². The lowest BCUT2D eigenvalue weighted by Gasteiger charge is -2.27. The predicted molar refractivity (Wildman–Crippen MR) is 75.8 cm³/mol. The maximum absolute atomic E-state index is 7.49. The number of likely N-dealkylation sites (tertiary alicyclic amines) is 1. The molecular formula is C15H23N3. The van der Waals surface area contributed by atoms with Gasteiger partial charge >= 0.3 is 0 Å². The van der Waals surface area contributed by atoms with E-state index in [1.165, 1.54) is 37.8 Å². The Bertz CT molecular complexity index is 414. The number of rotatable bonds is 3. The van der Waals surface area contributed by atoms with Crippen molar-refractivity contribution in [1.29, 1.82) is 5.41 Å². The first-order valence-electron chi connectivity index (χ1n) is 6.84. The molecule has 0 aromatic heterocycles. The largest absolute Gasteiger partial charge is 0.384 e. The van der Waals surface area contributed by atoms with Crippen LogP contribution in [-0.2, 0) is 6.54 Å². The van der Waals surface area contributed by atoms with Gasteiger partial charge in [0.05, 0.1) is 0 Å². The normalized spacial score (nSPS) is 21.5. The molecule has 0 saturated carbocycles. The number of nitrogens with one attached hydrogen (secondary N) is 1. The van der Waals surface area contributed by atoms with E-state index >= 15 is 0 Å². The van der Waals surface area contributed by atoms with Crippen molar-refractivity contribution in [2.75, 3.05) is 6.54 Å². The van der Waals surface area contributed by atoms with E-state index in [9.17, 15) is 0 Å². The average Bonchev–Trinajstić information content (AvgIpc) is 2.55. The van der Waals surface area contributed by atoms with Gasteiger partial charge in [0.2, 0.25) is 0 Å². The van der Waals surface area contributed by atoms with E-state index in [2.05, 4.69) is 17.9 Å². The Morgan fingerprint density at radius 3 is 3.00 bits per heavy atom. The number of nitrogens with zero attached hydrogens (tertiary/aromatic N) is 1. The van der Waals surface area contributed by atoms with E-state index in [0.29, 0.717) is 6.04 Å². The molecule has 3 N–H and O–H groups in total. The molecule has 3 nitrogen and oxygen atoms in total. The van der Waals surface area contributed by atoms with Crippen LogP contribution in [0.3, 0.4) is 0 Å². The molecule has 98 valence electrons. The van der Waals surface area contributed by atoms with E-state index in [4.69, 9.17) is 11.1 Å². The van der Waals surface area contributed by atoms with Gasteiger partial charge in [-0.3, -0.25) is 10.3 Å². The predicted octanol–water partition coefficient (Wildman–Crippen LogP) is 2.74. The highest BCUT2D eigenvalue weighted by Gasteiger charge is 2.16. The molecule has 2 rings (SSSR count). The van der Waals surface area contributed by atoms with Crippen LogP contribution in [0.5, 0.6) is 0 Å². The van der Waals surface area contributed by atoms with Crippen molar-refractivity contribution in [3.05, 3.63) is 35.4 Å². The van der Waals surface area contributed by atoms with Crippen molar-refractivity contribution in [1.82, 2.24) is 4.90 Å². The van der Waals surface area contributed by atoms with Gasteiger partial charge < -0.3 is 5.73 Å². The van der Waals surface area contributed by atoms with Crippen LogP contribution in [0.25, 0.3) is 0 Å². The molecule has 0 bridgehead atoms. The Balaban J connectivity index is 2.07. The molecule has 0 aliphatic carbocycles. The molecule has 1 aromatic rings. The quantitative estimate of drug-likeness (QED) is 0.635. The first kappa shape index (κ1) is 13.1. The van der Waals surface area contributed by atoms with Gasteiger partial charge in [-0.1, -0.05) is 31.0 Å². The second-order valence-corrected chi connectivity index (χ2v) is 5.28. The standard InChI is InChI=1S/C15H23N3/c1-12-6-3-2-4-9-18(12)11-13-7-5-8-14(10-13)15(16)17/h5,7-8,10,12H,2-4,6,9,11H2,1H3,(H3,16,17). The third kappa shape index (κ3) is 3.33. The van der Waals surface area contributed by atoms with Crippen LogP contribution in [0.1, 0.15) is 43.7 Å². The second-order valence-electron chi connectivity index (χ2n) is 5.28. The van der Waals surface area contributed by atoms with Gasteiger partial charge in [0.1, 0.15) is 5.84 Å². The average molecular weight is 245 g/mol. The van der Waals surface area contributed by atoms with Crippen molar-refractivity contribution < 1.29 is 0 Å². The maximum Gasteiger partial charge on any atom is 0.122 e. The van der Waals surface area contributed by atoms with Crippen LogP contribution < -0.4 is 5.73 Å². The Kier molecular flexibility index (Phi) is 4.37. The highest BCUT2D eigenvalue weighted by molar-refractivity contribution is 5.95. The first-order valence-corrected chi connectivity index (χ1v) is 6.84. The lowest BCUT2D eigenvalue weighted by molar-refractivity contribution is 0.205. The molecule has 0 radical (unpaired) electrons. The molecule has 3 heteroatoms. The summed E-state index contributed by atoms with van der Waals surface area (Å²) < 4.78 is 0. The third-order valence-electron chi connectivity index (χ3n) is 3.81. The molecule has 1 atom stereocenters. The van der Waals surface area contributed by atoms with Crippen LogP contribution in [-0.4, -0.2) is 23.3 Å². The number of hydrogen-bond donors (Lipinski definition) is 2. The summed E-state index contributed by atoms with van der Waals surface area (Å²) in [6.07, 6.45) is 5.31. The Labute approximate surface area is 109 Å². The second kappa shape index (κ2) is 6.01. The maximum atomic E-state index is 7.49. The molecule has 1 heterocycles. The lowest BCUT2D eigenvalue weighted by Crippen LogP contribution is -2.32. The zero-order chi connectivity index (χ0) is 13.0. The molecule has 18 heavy (non-hydrogen) atoms. The number of hydrogen-bond acceptors (Lipinski definition) is 2. The Morgan fingerprint density at radius 2 is 2.22 bits per heavy atom. The van der Waals surface area contributed by atoms with E-state index in [1.54, 1.807) is 0 Å².